The van der Waals surface area contributed by atoms with Crippen molar-refractivity contribution in [3.05, 3.63) is 35.4 Å². The maximum absolute atomic E-state index is 12.6. The number of benzene rings is 1. The van der Waals surface area contributed by atoms with Crippen LogP contribution in [0.25, 0.3) is 0 Å². The molecule has 1 aliphatic rings. The van der Waals surface area contributed by atoms with Gasteiger partial charge in [-0.25, -0.2) is 0 Å². The van der Waals surface area contributed by atoms with Gasteiger partial charge in [-0.15, -0.1) is 0 Å². The molecular formula is C13H16F3NO. The average molecular weight is 259 g/mol. The van der Waals surface area contributed by atoms with E-state index in [1.165, 1.54) is 12.1 Å². The van der Waals surface area contributed by atoms with Crippen LogP contribution < -0.4 is 5.32 Å². The maximum atomic E-state index is 12.6. The molecule has 100 valence electrons. The van der Waals surface area contributed by atoms with Crippen LogP contribution in [0.3, 0.4) is 0 Å². The Hall–Kier alpha value is -1.07. The number of halogens is 3. The van der Waals surface area contributed by atoms with Gasteiger partial charge in [0, 0.05) is 12.6 Å². The Morgan fingerprint density at radius 2 is 2.11 bits per heavy atom. The van der Waals surface area contributed by atoms with E-state index in [2.05, 4.69) is 5.32 Å². The van der Waals surface area contributed by atoms with Gasteiger partial charge in [-0.3, -0.25) is 0 Å². The molecular weight excluding hydrogens is 243 g/mol. The molecule has 1 fully saturated rings. The Balaban J connectivity index is 2.18. The Morgan fingerprint density at radius 1 is 1.33 bits per heavy atom. The molecule has 2 rings (SSSR count). The third-order valence-electron chi connectivity index (χ3n) is 3.28. The quantitative estimate of drug-likeness (QED) is 0.881. The lowest BCUT2D eigenvalue weighted by Crippen LogP contribution is -2.33. The van der Waals surface area contributed by atoms with Crippen LogP contribution in [0.2, 0.25) is 0 Å². The van der Waals surface area contributed by atoms with Gasteiger partial charge in [0.05, 0.1) is 11.7 Å². The summed E-state index contributed by atoms with van der Waals surface area (Å²) in [6, 6.07) is 5.70. The largest absolute Gasteiger partial charge is 0.416 e. The van der Waals surface area contributed by atoms with E-state index in [0.717, 1.165) is 12.5 Å². The van der Waals surface area contributed by atoms with Crippen molar-refractivity contribution in [3.63, 3.8) is 0 Å². The zero-order chi connectivity index (χ0) is 13.2. The van der Waals surface area contributed by atoms with E-state index in [1.807, 2.05) is 7.05 Å². The molecule has 0 amide bonds. The minimum atomic E-state index is -4.30. The predicted octanol–water partition coefficient (Wildman–Crippen LogP) is 3.14. The molecule has 1 aliphatic heterocycles. The fourth-order valence-corrected chi connectivity index (χ4v) is 2.21. The molecule has 2 atom stereocenters. The molecule has 2 nitrogen and oxygen atoms in total. The summed E-state index contributed by atoms with van der Waals surface area (Å²) in [4.78, 5) is 0. The first-order chi connectivity index (χ1) is 8.50. The average Bonchev–Trinajstić information content (AvgIpc) is 2.38. The van der Waals surface area contributed by atoms with Crippen molar-refractivity contribution < 1.29 is 17.9 Å². The van der Waals surface area contributed by atoms with Crippen molar-refractivity contribution in [2.24, 2.45) is 0 Å². The summed E-state index contributed by atoms with van der Waals surface area (Å²) in [6.07, 6.45) is -2.95. The van der Waals surface area contributed by atoms with E-state index < -0.39 is 11.7 Å². The molecule has 1 aromatic rings. The van der Waals surface area contributed by atoms with E-state index in [9.17, 15) is 13.2 Å². The molecule has 1 aromatic carbocycles. The first-order valence-electron chi connectivity index (χ1n) is 5.96. The van der Waals surface area contributed by atoms with Gasteiger partial charge >= 0.3 is 6.18 Å². The van der Waals surface area contributed by atoms with Crippen molar-refractivity contribution in [2.75, 3.05) is 13.7 Å². The van der Waals surface area contributed by atoms with Crippen LogP contribution in [-0.4, -0.2) is 19.7 Å². The first kappa shape index (κ1) is 13.4. The molecule has 0 saturated carbocycles. The summed E-state index contributed by atoms with van der Waals surface area (Å²) in [5.74, 6) is 0. The van der Waals surface area contributed by atoms with Gasteiger partial charge < -0.3 is 10.1 Å². The van der Waals surface area contributed by atoms with E-state index in [4.69, 9.17) is 4.74 Å². The van der Waals surface area contributed by atoms with E-state index >= 15 is 0 Å². The highest BCUT2D eigenvalue weighted by atomic mass is 19.4. The number of hydrogen-bond acceptors (Lipinski definition) is 2. The third-order valence-corrected chi connectivity index (χ3v) is 3.28. The van der Waals surface area contributed by atoms with E-state index in [-0.39, 0.29) is 6.10 Å². The van der Waals surface area contributed by atoms with Crippen LogP contribution in [0.1, 0.15) is 30.1 Å². The number of alkyl halides is 3. The molecule has 0 aliphatic carbocycles. The monoisotopic (exact) mass is 259 g/mol. The summed E-state index contributed by atoms with van der Waals surface area (Å²) in [6.45, 7) is 0.576. The summed E-state index contributed by atoms with van der Waals surface area (Å²) in [5.41, 5.74) is -0.0139. The molecule has 1 N–H and O–H groups in total. The van der Waals surface area contributed by atoms with Crippen LogP contribution in [0.5, 0.6) is 0 Å². The van der Waals surface area contributed by atoms with Crippen molar-refractivity contribution in [3.8, 4) is 0 Å². The molecule has 1 saturated heterocycles. The number of rotatable bonds is 2. The van der Waals surface area contributed by atoms with Crippen molar-refractivity contribution in [1.82, 2.24) is 5.32 Å². The van der Waals surface area contributed by atoms with Gasteiger partial charge in [0.1, 0.15) is 0 Å². The Bertz CT molecular complexity index is 405. The zero-order valence-corrected chi connectivity index (χ0v) is 10.1. The van der Waals surface area contributed by atoms with Crippen LogP contribution >= 0.6 is 0 Å². The number of ether oxygens (including phenoxy) is 1. The second-order valence-corrected chi connectivity index (χ2v) is 4.49. The Morgan fingerprint density at radius 3 is 2.78 bits per heavy atom. The van der Waals surface area contributed by atoms with Crippen molar-refractivity contribution in [1.29, 1.82) is 0 Å². The molecule has 1 heterocycles. The highest BCUT2D eigenvalue weighted by molar-refractivity contribution is 5.27. The Kier molecular flexibility index (Phi) is 3.92. The summed E-state index contributed by atoms with van der Waals surface area (Å²) in [5, 5.41) is 3.15. The highest BCUT2D eigenvalue weighted by Crippen LogP contribution is 2.33. The van der Waals surface area contributed by atoms with Gasteiger partial charge in [0.2, 0.25) is 0 Å². The smallest absolute Gasteiger partial charge is 0.373 e. The first-order valence-corrected chi connectivity index (χ1v) is 5.96. The van der Waals surface area contributed by atoms with Gasteiger partial charge in [0.15, 0.2) is 0 Å². The van der Waals surface area contributed by atoms with Crippen LogP contribution in [0.4, 0.5) is 13.2 Å². The third kappa shape index (κ3) is 3.03. The zero-order valence-electron chi connectivity index (χ0n) is 10.1. The van der Waals surface area contributed by atoms with E-state index in [0.29, 0.717) is 24.6 Å². The van der Waals surface area contributed by atoms with Gasteiger partial charge in [-0.1, -0.05) is 12.1 Å². The lowest BCUT2D eigenvalue weighted by atomic mass is 9.96. The summed E-state index contributed by atoms with van der Waals surface area (Å²) >= 11 is 0. The molecule has 0 radical (unpaired) electrons. The minimum absolute atomic E-state index is 0.251. The highest BCUT2D eigenvalue weighted by Gasteiger charge is 2.31. The van der Waals surface area contributed by atoms with Crippen molar-refractivity contribution in [2.45, 2.75) is 31.2 Å². The fraction of sp³-hybridized carbons (Fsp3) is 0.538. The lowest BCUT2D eigenvalue weighted by Gasteiger charge is -2.29. The lowest BCUT2D eigenvalue weighted by molar-refractivity contribution is -0.137. The Labute approximate surface area is 104 Å². The summed E-state index contributed by atoms with van der Waals surface area (Å²) < 4.78 is 43.4. The molecule has 5 heteroatoms. The molecule has 2 unspecified atom stereocenters. The molecule has 18 heavy (non-hydrogen) atoms. The van der Waals surface area contributed by atoms with Gasteiger partial charge in [-0.2, -0.15) is 13.2 Å². The maximum Gasteiger partial charge on any atom is 0.416 e. The second-order valence-electron chi connectivity index (χ2n) is 4.49. The number of hydrogen-bond donors (Lipinski definition) is 1. The topological polar surface area (TPSA) is 21.3 Å². The van der Waals surface area contributed by atoms with Crippen LogP contribution in [-0.2, 0) is 10.9 Å². The molecule has 0 bridgehead atoms. The second kappa shape index (κ2) is 5.28. The SMILES string of the molecule is CNC1CCOC(c2cccc(C(F)(F)F)c2)C1. The van der Waals surface area contributed by atoms with Gasteiger partial charge in [0.25, 0.3) is 0 Å². The van der Waals surface area contributed by atoms with Crippen molar-refractivity contribution >= 4 is 0 Å². The normalized spacial score (nSPS) is 25.1. The molecule has 0 spiro atoms. The standard InChI is InChI=1S/C13H16F3NO/c1-17-11-5-6-18-12(8-11)9-3-2-4-10(7-9)13(14,15)16/h2-4,7,11-12,17H,5-6,8H2,1H3. The minimum Gasteiger partial charge on any atom is -0.373 e. The molecule has 0 aromatic heterocycles. The van der Waals surface area contributed by atoms with E-state index in [1.54, 1.807) is 6.07 Å². The van der Waals surface area contributed by atoms with Gasteiger partial charge in [-0.05, 0) is 37.6 Å². The van der Waals surface area contributed by atoms with Crippen LogP contribution in [0.15, 0.2) is 24.3 Å². The number of nitrogens with one attached hydrogen (secondary N) is 1. The van der Waals surface area contributed by atoms with Crippen LogP contribution in [0, 0.1) is 0 Å². The predicted molar refractivity (Wildman–Crippen MR) is 62.2 cm³/mol. The fourth-order valence-electron chi connectivity index (χ4n) is 2.21. The summed E-state index contributed by atoms with van der Waals surface area (Å²) in [7, 11) is 1.86.